The van der Waals surface area contributed by atoms with Crippen molar-refractivity contribution >= 4 is 16.5 Å². The zero-order valence-corrected chi connectivity index (χ0v) is 13.3. The van der Waals surface area contributed by atoms with Crippen LogP contribution in [0, 0.1) is 6.92 Å². The molecule has 0 spiro atoms. The Balaban J connectivity index is 1.55. The lowest BCUT2D eigenvalue weighted by Gasteiger charge is -2.31. The van der Waals surface area contributed by atoms with E-state index in [2.05, 4.69) is 24.1 Å². The summed E-state index contributed by atoms with van der Waals surface area (Å²) in [6.07, 6.45) is 5.39. The van der Waals surface area contributed by atoms with Crippen molar-refractivity contribution in [2.45, 2.75) is 58.2 Å². The quantitative estimate of drug-likeness (QED) is 0.875. The molecule has 0 aromatic carbocycles. The maximum atomic E-state index is 5.71. The number of thiazole rings is 1. The molecule has 1 N–H and O–H groups in total. The highest BCUT2D eigenvalue weighted by Gasteiger charge is 2.24. The zero-order valence-electron chi connectivity index (χ0n) is 12.5. The average molecular weight is 295 g/mol. The lowest BCUT2D eigenvalue weighted by atomic mass is 10.1. The maximum absolute atomic E-state index is 5.71. The molecule has 2 aliphatic rings. The third kappa shape index (κ3) is 3.51. The fraction of sp³-hybridized carbons (Fsp3) is 0.800. The largest absolute Gasteiger partial charge is 0.378 e. The van der Waals surface area contributed by atoms with E-state index in [0.717, 1.165) is 45.1 Å². The Bertz CT molecular complexity index is 436. The topological polar surface area (TPSA) is 37.4 Å². The van der Waals surface area contributed by atoms with Crippen LogP contribution in [0.15, 0.2) is 0 Å². The summed E-state index contributed by atoms with van der Waals surface area (Å²) in [7, 11) is 0. The van der Waals surface area contributed by atoms with Crippen molar-refractivity contribution in [1.29, 1.82) is 0 Å². The summed E-state index contributed by atoms with van der Waals surface area (Å²) < 4.78 is 5.71. The van der Waals surface area contributed by atoms with Gasteiger partial charge in [0.25, 0.3) is 0 Å². The number of ether oxygens (including phenoxy) is 1. The first-order valence-corrected chi connectivity index (χ1v) is 8.64. The first kappa shape index (κ1) is 14.3. The van der Waals surface area contributed by atoms with Crippen LogP contribution >= 0.6 is 11.3 Å². The first-order chi connectivity index (χ1) is 9.76. The normalized spacial score (nSPS) is 20.6. The Hall–Kier alpha value is -0.650. The fourth-order valence-corrected chi connectivity index (χ4v) is 3.75. The van der Waals surface area contributed by atoms with Crippen molar-refractivity contribution in [2.75, 3.05) is 24.6 Å². The van der Waals surface area contributed by atoms with Gasteiger partial charge in [0.1, 0.15) is 0 Å². The Kier molecular flexibility index (Phi) is 4.58. The Morgan fingerprint density at radius 2 is 2.05 bits per heavy atom. The third-order valence-corrected chi connectivity index (χ3v) is 5.34. The van der Waals surface area contributed by atoms with Crippen LogP contribution in [0.2, 0.25) is 0 Å². The molecule has 1 aliphatic carbocycles. The van der Waals surface area contributed by atoms with Gasteiger partial charge in [0.2, 0.25) is 0 Å². The summed E-state index contributed by atoms with van der Waals surface area (Å²) in [6, 6.07) is 0.766. The highest BCUT2D eigenvalue weighted by molar-refractivity contribution is 7.15. The van der Waals surface area contributed by atoms with Crippen molar-refractivity contribution < 1.29 is 4.74 Å². The highest BCUT2D eigenvalue weighted by Crippen LogP contribution is 2.29. The predicted octanol–water partition coefficient (Wildman–Crippen LogP) is 2.71. The van der Waals surface area contributed by atoms with Gasteiger partial charge in [0.15, 0.2) is 5.13 Å². The summed E-state index contributed by atoms with van der Waals surface area (Å²) in [5.74, 6) is 0. The standard InChI is InChI=1S/C15H25N3OS/c1-3-19-13-6-8-18(9-7-13)15-17-11(2)14(20-15)10-16-12-4-5-12/h12-13,16H,3-10H2,1-2H3. The molecule has 1 aromatic rings. The predicted molar refractivity (Wildman–Crippen MR) is 83.6 cm³/mol. The molecule has 5 heteroatoms. The zero-order chi connectivity index (χ0) is 13.9. The summed E-state index contributed by atoms with van der Waals surface area (Å²) in [5, 5.41) is 4.78. The second kappa shape index (κ2) is 6.41. The molecular formula is C15H25N3OS. The summed E-state index contributed by atoms with van der Waals surface area (Å²) in [4.78, 5) is 8.59. The van der Waals surface area contributed by atoms with Gasteiger partial charge in [-0.05, 0) is 39.5 Å². The number of anilines is 1. The van der Waals surface area contributed by atoms with Gasteiger partial charge < -0.3 is 15.0 Å². The average Bonchev–Trinajstić information content (AvgIpc) is 3.21. The van der Waals surface area contributed by atoms with Gasteiger partial charge in [-0.3, -0.25) is 0 Å². The molecule has 0 atom stereocenters. The first-order valence-electron chi connectivity index (χ1n) is 7.82. The smallest absolute Gasteiger partial charge is 0.185 e. The van der Waals surface area contributed by atoms with Gasteiger partial charge in [-0.25, -0.2) is 4.98 Å². The van der Waals surface area contributed by atoms with E-state index in [1.54, 1.807) is 0 Å². The lowest BCUT2D eigenvalue weighted by molar-refractivity contribution is 0.0459. The summed E-state index contributed by atoms with van der Waals surface area (Å²) >= 11 is 1.86. The molecule has 0 unspecified atom stereocenters. The van der Waals surface area contributed by atoms with Gasteiger partial charge in [0, 0.05) is 37.2 Å². The van der Waals surface area contributed by atoms with Crippen molar-refractivity contribution in [1.82, 2.24) is 10.3 Å². The monoisotopic (exact) mass is 295 g/mol. The van der Waals surface area contributed by atoms with Crippen molar-refractivity contribution in [2.24, 2.45) is 0 Å². The molecule has 4 nitrogen and oxygen atoms in total. The van der Waals surface area contributed by atoms with Crippen LogP contribution in [0.3, 0.4) is 0 Å². The van der Waals surface area contributed by atoms with Crippen molar-refractivity contribution in [3.8, 4) is 0 Å². The van der Waals surface area contributed by atoms with E-state index in [1.807, 2.05) is 11.3 Å². The third-order valence-electron chi connectivity index (χ3n) is 4.12. The number of hydrogen-bond acceptors (Lipinski definition) is 5. The highest BCUT2D eigenvalue weighted by atomic mass is 32.1. The molecule has 1 saturated carbocycles. The number of nitrogens with zero attached hydrogens (tertiary/aromatic N) is 2. The van der Waals surface area contributed by atoms with E-state index in [4.69, 9.17) is 9.72 Å². The van der Waals surface area contributed by atoms with Crippen molar-refractivity contribution in [3.63, 3.8) is 0 Å². The van der Waals surface area contributed by atoms with E-state index in [-0.39, 0.29) is 0 Å². The summed E-state index contributed by atoms with van der Waals surface area (Å²) in [6.45, 7) is 8.19. The Morgan fingerprint density at radius 3 is 2.70 bits per heavy atom. The molecule has 0 bridgehead atoms. The number of hydrogen-bond donors (Lipinski definition) is 1. The van der Waals surface area contributed by atoms with Gasteiger partial charge >= 0.3 is 0 Å². The molecule has 20 heavy (non-hydrogen) atoms. The number of rotatable bonds is 6. The number of aryl methyl sites for hydroxylation is 1. The number of nitrogens with one attached hydrogen (secondary N) is 1. The second-order valence-electron chi connectivity index (χ2n) is 5.80. The van der Waals surface area contributed by atoms with Crippen LogP contribution in [0.5, 0.6) is 0 Å². The second-order valence-corrected chi connectivity index (χ2v) is 6.86. The van der Waals surface area contributed by atoms with E-state index < -0.39 is 0 Å². The van der Waals surface area contributed by atoms with E-state index in [1.165, 1.54) is 28.5 Å². The fourth-order valence-electron chi connectivity index (χ4n) is 2.69. The molecule has 0 radical (unpaired) electrons. The Labute approximate surface area is 125 Å². The van der Waals surface area contributed by atoms with Gasteiger partial charge in [0.05, 0.1) is 11.8 Å². The molecule has 112 valence electrons. The van der Waals surface area contributed by atoms with Crippen LogP contribution in [0.25, 0.3) is 0 Å². The van der Waals surface area contributed by atoms with Crippen LogP contribution < -0.4 is 10.2 Å². The molecule has 1 aliphatic heterocycles. The molecule has 2 heterocycles. The maximum Gasteiger partial charge on any atom is 0.185 e. The van der Waals surface area contributed by atoms with Crippen LogP contribution in [0.1, 0.15) is 43.2 Å². The molecule has 2 fully saturated rings. The molecule has 1 aromatic heterocycles. The van der Waals surface area contributed by atoms with Gasteiger partial charge in [-0.2, -0.15) is 0 Å². The van der Waals surface area contributed by atoms with E-state index in [9.17, 15) is 0 Å². The minimum Gasteiger partial charge on any atom is -0.378 e. The SMILES string of the molecule is CCOC1CCN(c2nc(C)c(CNC3CC3)s2)CC1. The van der Waals surface area contributed by atoms with Gasteiger partial charge in [-0.1, -0.05) is 0 Å². The minimum atomic E-state index is 0.452. The number of piperidine rings is 1. The van der Waals surface area contributed by atoms with Crippen molar-refractivity contribution in [3.05, 3.63) is 10.6 Å². The van der Waals surface area contributed by atoms with E-state index in [0.29, 0.717) is 6.10 Å². The van der Waals surface area contributed by atoms with Gasteiger partial charge in [-0.15, -0.1) is 11.3 Å². The van der Waals surface area contributed by atoms with Crippen LogP contribution in [0.4, 0.5) is 5.13 Å². The van der Waals surface area contributed by atoms with Crippen LogP contribution in [-0.4, -0.2) is 36.8 Å². The molecule has 3 rings (SSSR count). The van der Waals surface area contributed by atoms with E-state index >= 15 is 0 Å². The minimum absolute atomic E-state index is 0.452. The molecule has 0 amide bonds. The van der Waals surface area contributed by atoms with Crippen LogP contribution in [-0.2, 0) is 11.3 Å². The Morgan fingerprint density at radius 1 is 1.30 bits per heavy atom. The number of aromatic nitrogens is 1. The molecular weight excluding hydrogens is 270 g/mol. The lowest BCUT2D eigenvalue weighted by Crippen LogP contribution is -2.37. The molecule has 1 saturated heterocycles. The summed E-state index contributed by atoms with van der Waals surface area (Å²) in [5.41, 5.74) is 1.20.